The fourth-order valence-electron chi connectivity index (χ4n) is 3.03. The fraction of sp³-hybridized carbons (Fsp3) is 1.00. The van der Waals surface area contributed by atoms with E-state index in [9.17, 15) is 5.11 Å². The molecule has 0 unspecified atom stereocenters. The molecule has 1 aliphatic carbocycles. The summed E-state index contributed by atoms with van der Waals surface area (Å²) in [5.41, 5.74) is -0.516. The van der Waals surface area contributed by atoms with Crippen LogP contribution in [0.15, 0.2) is 0 Å². The molecule has 0 aromatic heterocycles. The Morgan fingerprint density at radius 2 is 2.08 bits per heavy atom. The molecule has 13 heavy (non-hydrogen) atoms. The highest BCUT2D eigenvalue weighted by molar-refractivity contribution is 4.93. The van der Waals surface area contributed by atoms with Crippen LogP contribution in [0.4, 0.5) is 0 Å². The largest absolute Gasteiger partial charge is 0.389 e. The average molecular weight is 183 g/mol. The SMILES string of the molecule is CC(C)(O)CN1CC[C@H]2CCC[C@H]21. The molecule has 0 aromatic carbocycles. The Balaban J connectivity index is 1.94. The van der Waals surface area contributed by atoms with Gasteiger partial charge in [-0.2, -0.15) is 0 Å². The summed E-state index contributed by atoms with van der Waals surface area (Å²) in [6, 6.07) is 0.798. The van der Waals surface area contributed by atoms with Crippen LogP contribution in [0, 0.1) is 5.92 Å². The summed E-state index contributed by atoms with van der Waals surface area (Å²) < 4.78 is 0. The van der Waals surface area contributed by atoms with E-state index in [0.29, 0.717) is 0 Å². The van der Waals surface area contributed by atoms with Crippen LogP contribution in [0.25, 0.3) is 0 Å². The van der Waals surface area contributed by atoms with E-state index in [4.69, 9.17) is 0 Å². The van der Waals surface area contributed by atoms with Crippen LogP contribution in [0.2, 0.25) is 0 Å². The number of hydrogen-bond acceptors (Lipinski definition) is 2. The van der Waals surface area contributed by atoms with Gasteiger partial charge in [0.05, 0.1) is 5.60 Å². The Morgan fingerprint density at radius 3 is 2.77 bits per heavy atom. The lowest BCUT2D eigenvalue weighted by Gasteiger charge is -2.29. The van der Waals surface area contributed by atoms with Gasteiger partial charge < -0.3 is 5.11 Å². The molecule has 2 nitrogen and oxygen atoms in total. The number of likely N-dealkylation sites (tertiary alicyclic amines) is 1. The van der Waals surface area contributed by atoms with Gasteiger partial charge in [0.25, 0.3) is 0 Å². The highest BCUT2D eigenvalue weighted by Gasteiger charge is 2.38. The molecular formula is C11H21NO. The quantitative estimate of drug-likeness (QED) is 0.703. The van der Waals surface area contributed by atoms with Gasteiger partial charge in [0.2, 0.25) is 0 Å². The molecule has 1 N–H and O–H groups in total. The molecular weight excluding hydrogens is 162 g/mol. The minimum atomic E-state index is -0.516. The van der Waals surface area contributed by atoms with Gasteiger partial charge >= 0.3 is 0 Å². The van der Waals surface area contributed by atoms with Crippen molar-refractivity contribution in [2.24, 2.45) is 5.92 Å². The maximum atomic E-state index is 9.76. The molecule has 0 bridgehead atoms. The molecule has 2 atom stereocenters. The number of hydrogen-bond donors (Lipinski definition) is 1. The van der Waals surface area contributed by atoms with Crippen molar-refractivity contribution in [2.45, 2.75) is 51.2 Å². The van der Waals surface area contributed by atoms with Gasteiger partial charge in [-0.25, -0.2) is 0 Å². The maximum Gasteiger partial charge on any atom is 0.0718 e. The Labute approximate surface area is 80.9 Å². The Kier molecular flexibility index (Phi) is 2.37. The second kappa shape index (κ2) is 3.25. The number of fused-ring (bicyclic) bond motifs is 1. The molecule has 76 valence electrons. The van der Waals surface area contributed by atoms with E-state index in [-0.39, 0.29) is 0 Å². The third-order valence-electron chi connectivity index (χ3n) is 3.47. The van der Waals surface area contributed by atoms with Gasteiger partial charge in [0.1, 0.15) is 0 Å². The topological polar surface area (TPSA) is 23.5 Å². The van der Waals surface area contributed by atoms with Gasteiger partial charge in [0.15, 0.2) is 0 Å². The molecule has 0 aromatic rings. The zero-order valence-electron chi connectivity index (χ0n) is 8.79. The van der Waals surface area contributed by atoms with E-state index in [1.54, 1.807) is 0 Å². The van der Waals surface area contributed by atoms with Crippen molar-refractivity contribution in [3.8, 4) is 0 Å². The Hall–Kier alpha value is -0.0800. The van der Waals surface area contributed by atoms with Crippen LogP contribution in [0.1, 0.15) is 39.5 Å². The van der Waals surface area contributed by atoms with Crippen molar-refractivity contribution in [3.05, 3.63) is 0 Å². The van der Waals surface area contributed by atoms with Crippen LogP contribution >= 0.6 is 0 Å². The molecule has 1 saturated heterocycles. The van der Waals surface area contributed by atoms with Crippen molar-refractivity contribution >= 4 is 0 Å². The first-order valence-corrected chi connectivity index (χ1v) is 5.53. The number of β-amino-alcohol motifs (C(OH)–C–C–N with tert-alkyl or cyclic N) is 1. The van der Waals surface area contributed by atoms with Crippen LogP contribution < -0.4 is 0 Å². The van der Waals surface area contributed by atoms with E-state index < -0.39 is 5.60 Å². The van der Waals surface area contributed by atoms with Gasteiger partial charge in [-0.05, 0) is 45.6 Å². The summed E-state index contributed by atoms with van der Waals surface area (Å²) in [5.74, 6) is 0.947. The minimum Gasteiger partial charge on any atom is -0.389 e. The lowest BCUT2D eigenvalue weighted by atomic mass is 10.0. The summed E-state index contributed by atoms with van der Waals surface area (Å²) in [6.07, 6.45) is 5.55. The summed E-state index contributed by atoms with van der Waals surface area (Å²) in [7, 11) is 0. The summed E-state index contributed by atoms with van der Waals surface area (Å²) in [4.78, 5) is 2.50. The molecule has 0 spiro atoms. The van der Waals surface area contributed by atoms with E-state index in [1.165, 1.54) is 32.2 Å². The zero-order valence-corrected chi connectivity index (χ0v) is 8.79. The Morgan fingerprint density at radius 1 is 1.31 bits per heavy atom. The fourth-order valence-corrected chi connectivity index (χ4v) is 3.03. The second-order valence-electron chi connectivity index (χ2n) is 5.33. The standard InChI is InChI=1S/C11H21NO/c1-11(2,13)8-12-7-6-9-4-3-5-10(9)12/h9-10,13H,3-8H2,1-2H3/t9-,10-/m1/s1. The summed E-state index contributed by atoms with van der Waals surface area (Å²) in [6.45, 7) is 5.89. The van der Waals surface area contributed by atoms with Gasteiger partial charge in [-0.15, -0.1) is 0 Å². The molecule has 2 aliphatic rings. The van der Waals surface area contributed by atoms with Crippen LogP contribution in [0.3, 0.4) is 0 Å². The summed E-state index contributed by atoms with van der Waals surface area (Å²) >= 11 is 0. The minimum absolute atomic E-state index is 0.516. The first kappa shape index (κ1) is 9.47. The molecule has 2 rings (SSSR count). The third-order valence-corrected chi connectivity index (χ3v) is 3.47. The predicted octanol–water partition coefficient (Wildman–Crippen LogP) is 1.63. The lowest BCUT2D eigenvalue weighted by molar-refractivity contribution is 0.0306. The maximum absolute atomic E-state index is 9.76. The van der Waals surface area contributed by atoms with Crippen molar-refractivity contribution in [2.75, 3.05) is 13.1 Å². The van der Waals surface area contributed by atoms with Crippen molar-refractivity contribution in [1.29, 1.82) is 0 Å². The molecule has 1 heterocycles. The van der Waals surface area contributed by atoms with Gasteiger partial charge in [0, 0.05) is 12.6 Å². The highest BCUT2D eigenvalue weighted by Crippen LogP contribution is 2.38. The van der Waals surface area contributed by atoms with Gasteiger partial charge in [-0.1, -0.05) is 6.42 Å². The molecule has 0 radical (unpaired) electrons. The van der Waals surface area contributed by atoms with E-state index in [1.807, 2.05) is 13.8 Å². The van der Waals surface area contributed by atoms with Gasteiger partial charge in [-0.3, -0.25) is 4.90 Å². The zero-order chi connectivity index (χ0) is 9.47. The van der Waals surface area contributed by atoms with Crippen LogP contribution in [-0.2, 0) is 0 Å². The molecule has 2 heteroatoms. The normalized spacial score (nSPS) is 35.3. The average Bonchev–Trinajstić information content (AvgIpc) is 2.50. The first-order valence-electron chi connectivity index (χ1n) is 5.53. The van der Waals surface area contributed by atoms with Crippen molar-refractivity contribution < 1.29 is 5.11 Å². The van der Waals surface area contributed by atoms with E-state index in [0.717, 1.165) is 18.5 Å². The van der Waals surface area contributed by atoms with Crippen molar-refractivity contribution in [1.82, 2.24) is 4.90 Å². The van der Waals surface area contributed by atoms with Crippen LogP contribution in [-0.4, -0.2) is 34.7 Å². The number of aliphatic hydroxyl groups is 1. The molecule has 1 aliphatic heterocycles. The number of rotatable bonds is 2. The van der Waals surface area contributed by atoms with Crippen molar-refractivity contribution in [3.63, 3.8) is 0 Å². The molecule has 2 fully saturated rings. The van der Waals surface area contributed by atoms with E-state index >= 15 is 0 Å². The second-order valence-corrected chi connectivity index (χ2v) is 5.33. The smallest absolute Gasteiger partial charge is 0.0718 e. The van der Waals surface area contributed by atoms with Crippen LogP contribution in [0.5, 0.6) is 0 Å². The highest BCUT2D eigenvalue weighted by atomic mass is 16.3. The predicted molar refractivity (Wildman–Crippen MR) is 53.6 cm³/mol. The monoisotopic (exact) mass is 183 g/mol. The Bertz CT molecular complexity index is 185. The molecule has 0 amide bonds. The van der Waals surface area contributed by atoms with E-state index in [2.05, 4.69) is 4.90 Å². The number of nitrogens with zero attached hydrogens (tertiary/aromatic N) is 1. The third kappa shape index (κ3) is 2.05. The molecule has 1 saturated carbocycles. The first-order chi connectivity index (χ1) is 6.06. The lowest BCUT2D eigenvalue weighted by Crippen LogP contribution is -2.41. The summed E-state index contributed by atoms with van der Waals surface area (Å²) in [5, 5.41) is 9.76.